The van der Waals surface area contributed by atoms with Crippen molar-refractivity contribution in [2.45, 2.75) is 45.1 Å². The SMILES string of the molecule is Cc1cc(NC2CCCCC2)c2cc(Br)ccc2n1. The van der Waals surface area contributed by atoms with Crippen molar-refractivity contribution >= 4 is 32.5 Å². The number of rotatable bonds is 2. The molecule has 1 heterocycles. The molecule has 0 spiro atoms. The molecule has 0 amide bonds. The van der Waals surface area contributed by atoms with Crippen LogP contribution < -0.4 is 5.32 Å². The summed E-state index contributed by atoms with van der Waals surface area (Å²) < 4.78 is 1.11. The monoisotopic (exact) mass is 318 g/mol. The first kappa shape index (κ1) is 12.9. The van der Waals surface area contributed by atoms with E-state index >= 15 is 0 Å². The summed E-state index contributed by atoms with van der Waals surface area (Å²) in [6.45, 7) is 2.06. The molecule has 0 saturated heterocycles. The third-order valence-corrected chi connectivity index (χ3v) is 4.36. The zero-order chi connectivity index (χ0) is 13.2. The Bertz CT molecular complexity index is 589. The second-order valence-corrected chi connectivity index (χ2v) is 6.37. The van der Waals surface area contributed by atoms with E-state index in [1.165, 1.54) is 43.2 Å². The minimum absolute atomic E-state index is 0.623. The zero-order valence-corrected chi connectivity index (χ0v) is 12.8. The lowest BCUT2D eigenvalue weighted by Crippen LogP contribution is -2.22. The zero-order valence-electron chi connectivity index (χ0n) is 11.2. The highest BCUT2D eigenvalue weighted by Crippen LogP contribution is 2.29. The van der Waals surface area contributed by atoms with Crippen LogP contribution in [0.3, 0.4) is 0 Å². The van der Waals surface area contributed by atoms with Gasteiger partial charge in [0.05, 0.1) is 5.52 Å². The summed E-state index contributed by atoms with van der Waals surface area (Å²) in [5, 5.41) is 4.94. The molecule has 0 aliphatic heterocycles. The van der Waals surface area contributed by atoms with Crippen LogP contribution >= 0.6 is 15.9 Å². The number of anilines is 1. The van der Waals surface area contributed by atoms with E-state index in [4.69, 9.17) is 0 Å². The van der Waals surface area contributed by atoms with Crippen molar-refractivity contribution in [3.8, 4) is 0 Å². The first-order chi connectivity index (χ1) is 9.22. The van der Waals surface area contributed by atoms with Crippen molar-refractivity contribution < 1.29 is 0 Å². The highest BCUT2D eigenvalue weighted by Gasteiger charge is 2.14. The molecule has 2 nitrogen and oxygen atoms in total. The molecular weight excluding hydrogens is 300 g/mol. The van der Waals surface area contributed by atoms with Gasteiger partial charge in [-0.25, -0.2) is 0 Å². The number of benzene rings is 1. The third-order valence-electron chi connectivity index (χ3n) is 3.86. The predicted octanol–water partition coefficient (Wildman–Crippen LogP) is 5.05. The molecule has 1 aliphatic carbocycles. The molecule has 3 rings (SSSR count). The Morgan fingerprint density at radius 1 is 1.16 bits per heavy atom. The molecule has 1 aliphatic rings. The van der Waals surface area contributed by atoms with E-state index in [0.29, 0.717) is 6.04 Å². The van der Waals surface area contributed by atoms with Crippen LogP contribution in [0.4, 0.5) is 5.69 Å². The molecule has 0 bridgehead atoms. The maximum absolute atomic E-state index is 4.61. The van der Waals surface area contributed by atoms with E-state index in [1.54, 1.807) is 0 Å². The minimum atomic E-state index is 0.623. The summed E-state index contributed by atoms with van der Waals surface area (Å²) in [6.07, 6.45) is 6.67. The molecule has 1 fully saturated rings. The van der Waals surface area contributed by atoms with Gasteiger partial charge in [-0.15, -0.1) is 0 Å². The predicted molar refractivity (Wildman–Crippen MR) is 84.7 cm³/mol. The number of fused-ring (bicyclic) bond motifs is 1. The number of nitrogens with zero attached hydrogens (tertiary/aromatic N) is 1. The first-order valence-electron chi connectivity index (χ1n) is 7.06. The van der Waals surface area contributed by atoms with Gasteiger partial charge in [0.2, 0.25) is 0 Å². The van der Waals surface area contributed by atoms with E-state index < -0.39 is 0 Å². The summed E-state index contributed by atoms with van der Waals surface area (Å²) in [6, 6.07) is 9.09. The molecule has 1 aromatic heterocycles. The van der Waals surface area contributed by atoms with Gasteiger partial charge >= 0.3 is 0 Å². The summed E-state index contributed by atoms with van der Waals surface area (Å²) in [4.78, 5) is 4.61. The van der Waals surface area contributed by atoms with Crippen LogP contribution in [0.5, 0.6) is 0 Å². The fraction of sp³-hybridized carbons (Fsp3) is 0.438. The second-order valence-electron chi connectivity index (χ2n) is 5.45. The van der Waals surface area contributed by atoms with Gasteiger partial charge in [0.1, 0.15) is 0 Å². The van der Waals surface area contributed by atoms with Crippen molar-refractivity contribution in [1.82, 2.24) is 4.98 Å². The molecule has 1 aromatic carbocycles. The summed E-state index contributed by atoms with van der Waals surface area (Å²) in [5.41, 5.74) is 3.38. The van der Waals surface area contributed by atoms with Crippen LogP contribution in [0.25, 0.3) is 10.9 Å². The lowest BCUT2D eigenvalue weighted by molar-refractivity contribution is 0.463. The summed E-state index contributed by atoms with van der Waals surface area (Å²) in [5.74, 6) is 0. The van der Waals surface area contributed by atoms with Crippen molar-refractivity contribution in [3.05, 3.63) is 34.4 Å². The Morgan fingerprint density at radius 2 is 1.95 bits per heavy atom. The Morgan fingerprint density at radius 3 is 2.74 bits per heavy atom. The number of aryl methyl sites for hydroxylation is 1. The fourth-order valence-corrected chi connectivity index (χ4v) is 3.28. The summed E-state index contributed by atoms with van der Waals surface area (Å²) >= 11 is 3.55. The molecule has 1 N–H and O–H groups in total. The van der Waals surface area contributed by atoms with Crippen molar-refractivity contribution in [1.29, 1.82) is 0 Å². The molecule has 0 unspecified atom stereocenters. The van der Waals surface area contributed by atoms with E-state index in [1.807, 2.05) is 0 Å². The Balaban J connectivity index is 1.98. The van der Waals surface area contributed by atoms with E-state index in [0.717, 1.165) is 15.7 Å². The number of aromatic nitrogens is 1. The summed E-state index contributed by atoms with van der Waals surface area (Å²) in [7, 11) is 0. The number of hydrogen-bond acceptors (Lipinski definition) is 2. The lowest BCUT2D eigenvalue weighted by Gasteiger charge is -2.24. The number of pyridine rings is 1. The van der Waals surface area contributed by atoms with Crippen LogP contribution in [0, 0.1) is 6.92 Å². The van der Waals surface area contributed by atoms with Gasteiger partial charge in [0.15, 0.2) is 0 Å². The van der Waals surface area contributed by atoms with Gasteiger partial charge < -0.3 is 5.32 Å². The van der Waals surface area contributed by atoms with Gasteiger partial charge in [-0.3, -0.25) is 4.98 Å². The molecule has 1 saturated carbocycles. The first-order valence-corrected chi connectivity index (χ1v) is 7.85. The van der Waals surface area contributed by atoms with Crippen LogP contribution in [0.1, 0.15) is 37.8 Å². The molecule has 2 aromatic rings. The van der Waals surface area contributed by atoms with Crippen LogP contribution in [0.2, 0.25) is 0 Å². The van der Waals surface area contributed by atoms with Gasteiger partial charge in [0.25, 0.3) is 0 Å². The minimum Gasteiger partial charge on any atom is -0.382 e. The highest BCUT2D eigenvalue weighted by atomic mass is 79.9. The van der Waals surface area contributed by atoms with Gasteiger partial charge in [-0.2, -0.15) is 0 Å². The molecule has 100 valence electrons. The third kappa shape index (κ3) is 2.92. The normalized spacial score (nSPS) is 16.7. The molecular formula is C16H19BrN2. The molecule has 0 radical (unpaired) electrons. The second kappa shape index (κ2) is 5.49. The van der Waals surface area contributed by atoms with Gasteiger partial charge in [-0.1, -0.05) is 35.2 Å². The van der Waals surface area contributed by atoms with Crippen molar-refractivity contribution in [2.75, 3.05) is 5.32 Å². The van der Waals surface area contributed by atoms with Crippen LogP contribution in [-0.4, -0.2) is 11.0 Å². The van der Waals surface area contributed by atoms with Gasteiger partial charge in [0, 0.05) is 27.3 Å². The maximum Gasteiger partial charge on any atom is 0.0726 e. The van der Waals surface area contributed by atoms with Gasteiger partial charge in [-0.05, 0) is 44.0 Å². The highest BCUT2D eigenvalue weighted by molar-refractivity contribution is 9.10. The average molecular weight is 319 g/mol. The van der Waals surface area contributed by atoms with E-state index in [-0.39, 0.29) is 0 Å². The van der Waals surface area contributed by atoms with E-state index in [2.05, 4.69) is 57.4 Å². The lowest BCUT2D eigenvalue weighted by atomic mass is 9.95. The Labute approximate surface area is 122 Å². The average Bonchev–Trinajstić information content (AvgIpc) is 2.41. The molecule has 0 atom stereocenters. The Kier molecular flexibility index (Phi) is 3.74. The largest absolute Gasteiger partial charge is 0.382 e. The Hall–Kier alpha value is -1.09. The maximum atomic E-state index is 4.61. The smallest absolute Gasteiger partial charge is 0.0726 e. The standard InChI is InChI=1S/C16H19BrN2/c1-11-9-16(19-13-5-3-2-4-6-13)14-10-12(17)7-8-15(14)18-11/h7-10,13H,2-6H2,1H3,(H,18,19). The molecule has 19 heavy (non-hydrogen) atoms. The number of halogens is 1. The fourth-order valence-electron chi connectivity index (χ4n) is 2.92. The van der Waals surface area contributed by atoms with Crippen molar-refractivity contribution in [3.63, 3.8) is 0 Å². The van der Waals surface area contributed by atoms with Crippen LogP contribution in [-0.2, 0) is 0 Å². The van der Waals surface area contributed by atoms with Crippen LogP contribution in [0.15, 0.2) is 28.7 Å². The molecule has 3 heteroatoms. The topological polar surface area (TPSA) is 24.9 Å². The number of hydrogen-bond donors (Lipinski definition) is 1. The van der Waals surface area contributed by atoms with Crippen molar-refractivity contribution in [2.24, 2.45) is 0 Å². The quantitative estimate of drug-likeness (QED) is 0.838. The number of nitrogens with one attached hydrogen (secondary N) is 1. The van der Waals surface area contributed by atoms with E-state index in [9.17, 15) is 0 Å².